The number of pyridine rings is 1. The van der Waals surface area contributed by atoms with Crippen LogP contribution in [0.1, 0.15) is 19.8 Å². The molecule has 5 heteroatoms. The molecule has 1 N–H and O–H groups in total. The molecule has 0 aliphatic heterocycles. The van der Waals surface area contributed by atoms with Gasteiger partial charge in [-0.25, -0.2) is 0 Å². The van der Waals surface area contributed by atoms with Gasteiger partial charge in [-0.2, -0.15) is 0 Å². The maximum atomic E-state index is 12.3. The van der Waals surface area contributed by atoms with Crippen molar-refractivity contribution in [2.24, 2.45) is 0 Å². The van der Waals surface area contributed by atoms with Crippen LogP contribution in [0, 0.1) is 0 Å². The number of rotatable bonds is 4. The van der Waals surface area contributed by atoms with Crippen LogP contribution in [0.2, 0.25) is 0 Å². The second-order valence-corrected chi connectivity index (χ2v) is 5.87. The summed E-state index contributed by atoms with van der Waals surface area (Å²) in [4.78, 5) is 16.6. The molecule has 1 amide bonds. The quantitative estimate of drug-likeness (QED) is 0.925. The molecule has 0 radical (unpaired) electrons. The number of carbonyl (C=O) groups excluding carboxylic acids is 1. The lowest BCUT2D eigenvalue weighted by Crippen LogP contribution is -2.36. The molecule has 0 spiro atoms. The molecule has 0 bridgehead atoms. The monoisotopic (exact) mass is 328 g/mol. The van der Waals surface area contributed by atoms with E-state index in [9.17, 15) is 4.79 Å². The van der Waals surface area contributed by atoms with Crippen molar-refractivity contribution in [1.82, 2.24) is 10.3 Å². The lowest BCUT2D eigenvalue weighted by molar-refractivity contribution is -0.126. The number of hydrogen-bond acceptors (Lipinski definition) is 3. The minimum Gasteiger partial charge on any atom is -0.480 e. The third-order valence-corrected chi connectivity index (χ3v) is 3.98. The predicted molar refractivity (Wildman–Crippen MR) is 91.2 cm³/mol. The summed E-state index contributed by atoms with van der Waals surface area (Å²) in [7, 11) is 0. The minimum absolute atomic E-state index is 0.177. The van der Waals surface area contributed by atoms with E-state index in [4.69, 9.17) is 16.3 Å². The zero-order valence-electron chi connectivity index (χ0n) is 12.8. The van der Waals surface area contributed by atoms with Crippen LogP contribution in [0.3, 0.4) is 0 Å². The number of nitrogens with zero attached hydrogens (tertiary/aromatic N) is 1. The Morgan fingerprint density at radius 1 is 1.26 bits per heavy atom. The SMILES string of the molecule is CC(Oc1ccnc2ccccc12)C(=O)NC1=CC=C(Cl)CC1. The van der Waals surface area contributed by atoms with E-state index in [0.717, 1.165) is 34.5 Å². The van der Waals surface area contributed by atoms with Gasteiger partial charge in [0.25, 0.3) is 5.91 Å². The van der Waals surface area contributed by atoms with Gasteiger partial charge in [-0.05, 0) is 50.1 Å². The van der Waals surface area contributed by atoms with E-state index in [2.05, 4.69) is 10.3 Å². The maximum Gasteiger partial charge on any atom is 0.264 e. The van der Waals surface area contributed by atoms with Gasteiger partial charge in [0.15, 0.2) is 6.10 Å². The number of allylic oxidation sites excluding steroid dienone is 4. The highest BCUT2D eigenvalue weighted by Crippen LogP contribution is 2.24. The van der Waals surface area contributed by atoms with Crippen LogP contribution in [0.5, 0.6) is 5.75 Å². The molecule has 2 aromatic rings. The van der Waals surface area contributed by atoms with E-state index < -0.39 is 6.10 Å². The van der Waals surface area contributed by atoms with Gasteiger partial charge in [-0.1, -0.05) is 23.7 Å². The lowest BCUT2D eigenvalue weighted by atomic mass is 10.1. The third kappa shape index (κ3) is 3.71. The van der Waals surface area contributed by atoms with Crippen molar-refractivity contribution >= 4 is 28.4 Å². The molecule has 118 valence electrons. The number of carbonyl (C=O) groups is 1. The zero-order chi connectivity index (χ0) is 16.2. The minimum atomic E-state index is -0.608. The molecule has 0 fully saturated rings. The fraction of sp³-hybridized carbons (Fsp3) is 0.222. The zero-order valence-corrected chi connectivity index (χ0v) is 13.5. The van der Waals surface area contributed by atoms with Gasteiger partial charge in [0.2, 0.25) is 0 Å². The van der Waals surface area contributed by atoms with Gasteiger partial charge < -0.3 is 10.1 Å². The van der Waals surface area contributed by atoms with Crippen molar-refractivity contribution < 1.29 is 9.53 Å². The maximum absolute atomic E-state index is 12.3. The second-order valence-electron chi connectivity index (χ2n) is 5.38. The molecule has 1 aromatic heterocycles. The number of aromatic nitrogens is 1. The normalized spacial score (nSPS) is 15.6. The van der Waals surface area contributed by atoms with E-state index in [1.165, 1.54) is 0 Å². The van der Waals surface area contributed by atoms with Crippen molar-refractivity contribution in [1.29, 1.82) is 0 Å². The van der Waals surface area contributed by atoms with Crippen molar-refractivity contribution in [3.05, 3.63) is 59.4 Å². The molecule has 1 aromatic carbocycles. The summed E-state index contributed by atoms with van der Waals surface area (Å²) in [6, 6.07) is 9.46. The summed E-state index contributed by atoms with van der Waals surface area (Å²) < 4.78 is 5.83. The molecule has 1 unspecified atom stereocenters. The van der Waals surface area contributed by atoms with Gasteiger partial charge in [-0.15, -0.1) is 0 Å². The van der Waals surface area contributed by atoms with Gasteiger partial charge in [-0.3, -0.25) is 9.78 Å². The van der Waals surface area contributed by atoms with Gasteiger partial charge in [0.1, 0.15) is 5.75 Å². The highest BCUT2D eigenvalue weighted by Gasteiger charge is 2.17. The molecular formula is C18H17ClN2O2. The Hall–Kier alpha value is -2.33. The number of para-hydroxylation sites is 1. The summed E-state index contributed by atoms with van der Waals surface area (Å²) in [6.45, 7) is 1.73. The molecule has 0 saturated heterocycles. The van der Waals surface area contributed by atoms with Crippen LogP contribution in [-0.2, 0) is 4.79 Å². The first-order valence-electron chi connectivity index (χ1n) is 7.50. The molecular weight excluding hydrogens is 312 g/mol. The van der Waals surface area contributed by atoms with Crippen LogP contribution < -0.4 is 10.1 Å². The Morgan fingerprint density at radius 2 is 2.09 bits per heavy atom. The predicted octanol–water partition coefficient (Wildman–Crippen LogP) is 3.92. The van der Waals surface area contributed by atoms with Gasteiger partial charge in [0.05, 0.1) is 5.52 Å². The topological polar surface area (TPSA) is 51.2 Å². The summed E-state index contributed by atoms with van der Waals surface area (Å²) >= 11 is 5.92. The van der Waals surface area contributed by atoms with E-state index >= 15 is 0 Å². The van der Waals surface area contributed by atoms with Crippen LogP contribution in [0.4, 0.5) is 0 Å². The van der Waals surface area contributed by atoms with Crippen molar-refractivity contribution in [2.45, 2.75) is 25.9 Å². The molecule has 4 nitrogen and oxygen atoms in total. The van der Waals surface area contributed by atoms with Crippen molar-refractivity contribution in [3.8, 4) is 5.75 Å². The number of nitrogens with one attached hydrogen (secondary N) is 1. The third-order valence-electron chi connectivity index (χ3n) is 3.66. The van der Waals surface area contributed by atoms with Crippen molar-refractivity contribution in [2.75, 3.05) is 0 Å². The van der Waals surface area contributed by atoms with E-state index in [0.29, 0.717) is 5.75 Å². The average Bonchev–Trinajstić information content (AvgIpc) is 2.57. The standard InChI is InChI=1S/C18H17ClN2O2/c1-12(18(22)21-14-8-6-13(19)7-9-14)23-17-10-11-20-16-5-3-2-4-15(16)17/h2-6,8,10-12H,7,9H2,1H3,(H,21,22). The van der Waals surface area contributed by atoms with Gasteiger partial charge >= 0.3 is 0 Å². The number of hydrogen-bond donors (Lipinski definition) is 1. The largest absolute Gasteiger partial charge is 0.480 e. The van der Waals surface area contributed by atoms with E-state index in [1.54, 1.807) is 19.2 Å². The van der Waals surface area contributed by atoms with E-state index in [1.807, 2.05) is 36.4 Å². The highest BCUT2D eigenvalue weighted by molar-refractivity contribution is 6.29. The molecule has 3 rings (SSSR count). The second kappa shape index (κ2) is 6.84. The van der Waals surface area contributed by atoms with Crippen LogP contribution in [-0.4, -0.2) is 17.0 Å². The Kier molecular flexibility index (Phi) is 4.63. The van der Waals surface area contributed by atoms with Crippen LogP contribution in [0.25, 0.3) is 10.9 Å². The number of amides is 1. The Morgan fingerprint density at radius 3 is 2.87 bits per heavy atom. The first kappa shape index (κ1) is 15.6. The van der Waals surface area contributed by atoms with Crippen LogP contribution >= 0.6 is 11.6 Å². The highest BCUT2D eigenvalue weighted by atomic mass is 35.5. The lowest BCUT2D eigenvalue weighted by Gasteiger charge is -2.18. The Labute approximate surface area is 139 Å². The fourth-order valence-corrected chi connectivity index (χ4v) is 2.55. The smallest absolute Gasteiger partial charge is 0.264 e. The molecule has 1 atom stereocenters. The average molecular weight is 329 g/mol. The van der Waals surface area contributed by atoms with E-state index in [-0.39, 0.29) is 5.91 Å². The fourth-order valence-electron chi connectivity index (χ4n) is 2.39. The summed E-state index contributed by atoms with van der Waals surface area (Å²) in [6.07, 6.45) is 6.19. The first-order valence-corrected chi connectivity index (χ1v) is 7.88. The summed E-state index contributed by atoms with van der Waals surface area (Å²) in [5.74, 6) is 0.474. The number of halogens is 1. The summed E-state index contributed by atoms with van der Waals surface area (Å²) in [5, 5.41) is 4.58. The first-order chi connectivity index (χ1) is 11.1. The van der Waals surface area contributed by atoms with Crippen molar-refractivity contribution in [3.63, 3.8) is 0 Å². The number of benzene rings is 1. The Balaban J connectivity index is 1.71. The molecule has 1 aliphatic carbocycles. The number of ether oxygens (including phenoxy) is 1. The molecule has 1 aliphatic rings. The molecule has 1 heterocycles. The number of fused-ring (bicyclic) bond motifs is 1. The van der Waals surface area contributed by atoms with Crippen LogP contribution in [0.15, 0.2) is 59.4 Å². The van der Waals surface area contributed by atoms with Gasteiger partial charge in [0, 0.05) is 22.3 Å². The molecule has 0 saturated carbocycles. The Bertz CT molecular complexity index is 793. The summed E-state index contributed by atoms with van der Waals surface area (Å²) in [5.41, 5.74) is 1.70. The molecule has 23 heavy (non-hydrogen) atoms.